The highest BCUT2D eigenvalue weighted by Crippen LogP contribution is 2.66. The van der Waals surface area contributed by atoms with Crippen LogP contribution in [0.5, 0.6) is 0 Å². The molecule has 4 aliphatic carbocycles. The van der Waals surface area contributed by atoms with Gasteiger partial charge in [-0.3, -0.25) is 0 Å². The van der Waals surface area contributed by atoms with Gasteiger partial charge in [0.05, 0.1) is 0 Å². The van der Waals surface area contributed by atoms with Crippen LogP contribution in [0.4, 0.5) is 0 Å². The summed E-state index contributed by atoms with van der Waals surface area (Å²) in [6.45, 7) is 7.92. The predicted molar refractivity (Wildman–Crippen MR) is 116 cm³/mol. The maximum Gasteiger partial charge on any atom is 0.0149 e. The van der Waals surface area contributed by atoms with Gasteiger partial charge >= 0.3 is 0 Å². The Morgan fingerprint density at radius 1 is 0.741 bits per heavy atom. The minimum Gasteiger partial charge on any atom is -0.309 e. The van der Waals surface area contributed by atoms with Crippen molar-refractivity contribution in [3.8, 4) is 0 Å². The topological polar surface area (TPSA) is 6.48 Å². The summed E-state index contributed by atoms with van der Waals surface area (Å²) in [4.78, 5) is 5.10. The molecule has 0 spiro atoms. The summed E-state index contributed by atoms with van der Waals surface area (Å²) >= 11 is 0. The van der Waals surface area contributed by atoms with Crippen LogP contribution in [0.25, 0.3) is 0 Å². The molecule has 0 aromatic rings. The molecule has 0 amide bonds. The van der Waals surface area contributed by atoms with E-state index in [2.05, 4.69) is 44.8 Å². The van der Waals surface area contributed by atoms with E-state index >= 15 is 0 Å². The Balaban J connectivity index is 1.46. The molecule has 0 aliphatic heterocycles. The van der Waals surface area contributed by atoms with E-state index in [1.165, 1.54) is 64.5 Å². The normalized spacial score (nSPS) is 47.0. The zero-order valence-electron chi connectivity index (χ0n) is 19.0. The zero-order valence-corrected chi connectivity index (χ0v) is 19.0. The maximum absolute atomic E-state index is 2.76. The predicted octanol–water partition coefficient (Wildman–Crippen LogP) is 5.67. The minimum absolute atomic E-state index is 0.589. The molecule has 27 heavy (non-hydrogen) atoms. The molecule has 0 heterocycles. The lowest BCUT2D eigenvalue weighted by molar-refractivity contribution is -0.113. The first-order valence-electron chi connectivity index (χ1n) is 12.2. The Morgan fingerprint density at radius 3 is 2.30 bits per heavy atom. The summed E-state index contributed by atoms with van der Waals surface area (Å²) in [5, 5.41) is 0. The summed E-state index contributed by atoms with van der Waals surface area (Å²) in [5.74, 6) is 4.16. The van der Waals surface area contributed by atoms with Crippen LogP contribution in [-0.4, -0.2) is 50.1 Å². The highest BCUT2D eigenvalue weighted by atomic mass is 15.2. The Labute approximate surface area is 169 Å². The van der Waals surface area contributed by atoms with E-state index in [1.54, 1.807) is 19.3 Å². The van der Waals surface area contributed by atoms with Gasteiger partial charge in [-0.1, -0.05) is 26.7 Å². The molecule has 0 aromatic heterocycles. The fourth-order valence-electron chi connectivity index (χ4n) is 8.78. The lowest BCUT2D eigenvalue weighted by Gasteiger charge is -2.61. The monoisotopic (exact) mass is 374 g/mol. The molecule has 4 rings (SSSR count). The minimum atomic E-state index is 0.589. The highest BCUT2D eigenvalue weighted by molar-refractivity contribution is 5.10. The van der Waals surface area contributed by atoms with Crippen LogP contribution in [0.3, 0.4) is 0 Å². The van der Waals surface area contributed by atoms with Gasteiger partial charge in [0.1, 0.15) is 0 Å². The second-order valence-corrected chi connectivity index (χ2v) is 11.7. The van der Waals surface area contributed by atoms with Crippen LogP contribution in [0.2, 0.25) is 0 Å². The van der Waals surface area contributed by atoms with E-state index in [0.717, 1.165) is 29.7 Å². The third-order valence-corrected chi connectivity index (χ3v) is 10.2. The molecule has 0 bridgehead atoms. The van der Waals surface area contributed by atoms with E-state index in [4.69, 9.17) is 0 Å². The summed E-state index contributed by atoms with van der Waals surface area (Å²) in [6, 6.07) is 0.836. The first kappa shape index (κ1) is 20.2. The van der Waals surface area contributed by atoms with Gasteiger partial charge in [0.15, 0.2) is 0 Å². The van der Waals surface area contributed by atoms with Crippen molar-refractivity contribution in [3.63, 3.8) is 0 Å². The van der Waals surface area contributed by atoms with E-state index < -0.39 is 0 Å². The average molecular weight is 375 g/mol. The van der Waals surface area contributed by atoms with E-state index in [-0.39, 0.29) is 0 Å². The van der Waals surface area contributed by atoms with Gasteiger partial charge in [0.25, 0.3) is 0 Å². The summed E-state index contributed by atoms with van der Waals surface area (Å²) in [5.41, 5.74) is 1.28. The Kier molecular flexibility index (Phi) is 5.71. The Hall–Kier alpha value is -0.0800. The van der Waals surface area contributed by atoms with Crippen molar-refractivity contribution >= 4 is 0 Å². The fourth-order valence-corrected chi connectivity index (χ4v) is 8.78. The number of hydrogen-bond acceptors (Lipinski definition) is 2. The summed E-state index contributed by atoms with van der Waals surface area (Å²) < 4.78 is 0. The molecule has 4 saturated carbocycles. The van der Waals surface area contributed by atoms with Gasteiger partial charge in [-0.25, -0.2) is 0 Å². The standard InChI is InChI=1S/C25H46N2/c1-24-15-7-6-9-19(24)10-11-20-21-12-13-23(25(21,2)16-14-22(20)24)27(5)18-8-17-26(3)4/h19-23H,6-18H2,1-5H3/t19?,20-,21-,22+,23?,24-,25-/m0/s1. The van der Waals surface area contributed by atoms with E-state index in [1.807, 2.05) is 0 Å². The van der Waals surface area contributed by atoms with Crippen molar-refractivity contribution < 1.29 is 0 Å². The van der Waals surface area contributed by atoms with Gasteiger partial charge in [-0.15, -0.1) is 0 Å². The number of nitrogens with zero attached hydrogens (tertiary/aromatic N) is 2. The number of rotatable bonds is 5. The third-order valence-electron chi connectivity index (χ3n) is 10.2. The lowest BCUT2D eigenvalue weighted by atomic mass is 9.45. The summed E-state index contributed by atoms with van der Waals surface area (Å²) in [7, 11) is 6.84. The second-order valence-electron chi connectivity index (χ2n) is 11.7. The van der Waals surface area contributed by atoms with E-state index in [9.17, 15) is 0 Å². The van der Waals surface area contributed by atoms with Crippen molar-refractivity contribution in [2.24, 2.45) is 34.5 Å². The molecule has 156 valence electrons. The smallest absolute Gasteiger partial charge is 0.0149 e. The maximum atomic E-state index is 2.76. The van der Waals surface area contributed by atoms with Gasteiger partial charge in [-0.05, 0) is 127 Å². The van der Waals surface area contributed by atoms with Crippen LogP contribution in [-0.2, 0) is 0 Å². The zero-order chi connectivity index (χ0) is 19.2. The molecule has 0 radical (unpaired) electrons. The molecule has 4 fully saturated rings. The molecule has 2 heteroatoms. The Morgan fingerprint density at radius 2 is 1.52 bits per heavy atom. The SMILES string of the molecule is CN(C)CCCN(C)C1CC[C@H]2[C@@H]3CCC4CCCC[C@]4(C)[C@@H]3CC[C@]12C. The molecular weight excluding hydrogens is 328 g/mol. The number of hydrogen-bond donors (Lipinski definition) is 0. The average Bonchev–Trinajstić information content (AvgIpc) is 2.98. The quantitative estimate of drug-likeness (QED) is 0.611. The van der Waals surface area contributed by atoms with Crippen LogP contribution in [0.15, 0.2) is 0 Å². The van der Waals surface area contributed by atoms with Crippen molar-refractivity contribution in [2.45, 2.75) is 90.5 Å². The van der Waals surface area contributed by atoms with Gasteiger partial charge in [0, 0.05) is 6.04 Å². The largest absolute Gasteiger partial charge is 0.309 e. The third kappa shape index (κ3) is 3.41. The highest BCUT2D eigenvalue weighted by Gasteiger charge is 2.60. The molecule has 7 atom stereocenters. The molecule has 2 unspecified atom stereocenters. The lowest BCUT2D eigenvalue weighted by Crippen LogP contribution is -2.55. The number of fused-ring (bicyclic) bond motifs is 5. The van der Waals surface area contributed by atoms with Crippen LogP contribution in [0, 0.1) is 34.5 Å². The van der Waals surface area contributed by atoms with Crippen LogP contribution < -0.4 is 0 Å². The molecule has 2 nitrogen and oxygen atoms in total. The van der Waals surface area contributed by atoms with Gasteiger partial charge in [0.2, 0.25) is 0 Å². The van der Waals surface area contributed by atoms with Crippen molar-refractivity contribution in [1.82, 2.24) is 9.80 Å². The molecule has 4 aliphatic rings. The van der Waals surface area contributed by atoms with Crippen LogP contribution >= 0.6 is 0 Å². The van der Waals surface area contributed by atoms with Crippen molar-refractivity contribution in [1.29, 1.82) is 0 Å². The van der Waals surface area contributed by atoms with Crippen molar-refractivity contribution in [2.75, 3.05) is 34.2 Å². The second kappa shape index (κ2) is 7.63. The van der Waals surface area contributed by atoms with E-state index in [0.29, 0.717) is 10.8 Å². The Bertz CT molecular complexity index is 516. The molecule has 0 aromatic carbocycles. The fraction of sp³-hybridized carbons (Fsp3) is 1.00. The van der Waals surface area contributed by atoms with Gasteiger partial charge in [-0.2, -0.15) is 0 Å². The first-order valence-corrected chi connectivity index (χ1v) is 12.2. The molecule has 0 N–H and O–H groups in total. The molecular formula is C25H46N2. The van der Waals surface area contributed by atoms with Gasteiger partial charge < -0.3 is 9.80 Å². The first-order chi connectivity index (χ1) is 12.9. The molecule has 0 saturated heterocycles. The van der Waals surface area contributed by atoms with Crippen LogP contribution in [0.1, 0.15) is 84.5 Å². The van der Waals surface area contributed by atoms with Crippen molar-refractivity contribution in [3.05, 3.63) is 0 Å². The summed E-state index contributed by atoms with van der Waals surface area (Å²) in [6.07, 6.45) is 16.5.